The van der Waals surface area contributed by atoms with Crippen molar-refractivity contribution in [1.82, 2.24) is 14.6 Å². The predicted molar refractivity (Wildman–Crippen MR) is 90.6 cm³/mol. The Hall–Kier alpha value is -2.17. The molecule has 4 aromatic rings. The molecular weight excluding hydrogens is 314 g/mol. The van der Waals surface area contributed by atoms with Crippen molar-refractivity contribution in [3.8, 4) is 11.3 Å². The Kier molecular flexibility index (Phi) is 3.41. The molecule has 0 aliphatic heterocycles. The summed E-state index contributed by atoms with van der Waals surface area (Å²) in [6.45, 7) is 0. The fourth-order valence-electron chi connectivity index (χ4n) is 2.49. The monoisotopic (exact) mass is 325 g/mol. The topological polar surface area (TPSA) is 30.2 Å². The van der Waals surface area contributed by atoms with E-state index >= 15 is 0 Å². The average molecular weight is 326 g/mol. The molecule has 0 amide bonds. The van der Waals surface area contributed by atoms with E-state index < -0.39 is 0 Å². The van der Waals surface area contributed by atoms with Crippen LogP contribution in [0.25, 0.3) is 16.2 Å². The van der Waals surface area contributed by atoms with Gasteiger partial charge in [-0.15, -0.1) is 21.5 Å². The number of nitrogens with zero attached hydrogens (tertiary/aromatic N) is 3. The highest BCUT2D eigenvalue weighted by Gasteiger charge is 2.13. The minimum atomic E-state index is 0.739. The van der Waals surface area contributed by atoms with Gasteiger partial charge in [0.15, 0.2) is 0 Å². The normalized spacial score (nSPS) is 11.1. The Labute approximate surface area is 136 Å². The molecule has 0 N–H and O–H groups in total. The van der Waals surface area contributed by atoms with Crippen LogP contribution in [-0.2, 0) is 6.42 Å². The molecule has 2 aromatic carbocycles. The Balaban J connectivity index is 1.80. The lowest BCUT2D eigenvalue weighted by molar-refractivity contribution is 0.939. The zero-order valence-corrected chi connectivity index (χ0v) is 13.2. The van der Waals surface area contributed by atoms with Crippen LogP contribution < -0.4 is 0 Å². The number of benzene rings is 2. The maximum Gasteiger partial charge on any atom is 0.216 e. The number of hydrogen-bond acceptors (Lipinski definition) is 3. The SMILES string of the molecule is Clc1ccc(-c2csc3nnc(Cc4ccccc4)n23)cc1. The molecule has 0 aliphatic rings. The van der Waals surface area contributed by atoms with Gasteiger partial charge in [-0.3, -0.25) is 4.40 Å². The first-order chi connectivity index (χ1) is 10.8. The van der Waals surface area contributed by atoms with Crippen LogP contribution in [-0.4, -0.2) is 14.6 Å². The molecule has 22 heavy (non-hydrogen) atoms. The third kappa shape index (κ3) is 2.40. The molecule has 5 heteroatoms. The fraction of sp³-hybridized carbons (Fsp3) is 0.0588. The van der Waals surface area contributed by atoms with Crippen LogP contribution in [0.1, 0.15) is 11.4 Å². The van der Waals surface area contributed by atoms with Crippen molar-refractivity contribution in [2.45, 2.75) is 6.42 Å². The third-order valence-electron chi connectivity index (χ3n) is 3.56. The largest absolute Gasteiger partial charge is 0.269 e. The fourth-order valence-corrected chi connectivity index (χ4v) is 3.47. The van der Waals surface area contributed by atoms with Crippen LogP contribution >= 0.6 is 22.9 Å². The smallest absolute Gasteiger partial charge is 0.216 e. The van der Waals surface area contributed by atoms with Crippen LogP contribution in [0.5, 0.6) is 0 Å². The molecule has 0 radical (unpaired) electrons. The summed E-state index contributed by atoms with van der Waals surface area (Å²) in [5.74, 6) is 0.951. The van der Waals surface area contributed by atoms with Crippen LogP contribution in [0.3, 0.4) is 0 Å². The number of fused-ring (bicyclic) bond motifs is 1. The van der Waals surface area contributed by atoms with E-state index in [4.69, 9.17) is 11.6 Å². The van der Waals surface area contributed by atoms with Gasteiger partial charge in [0.25, 0.3) is 0 Å². The first-order valence-corrected chi connectivity index (χ1v) is 8.18. The number of rotatable bonds is 3. The van der Waals surface area contributed by atoms with Crippen molar-refractivity contribution in [3.05, 3.63) is 76.4 Å². The first kappa shape index (κ1) is 13.5. The molecule has 2 heterocycles. The van der Waals surface area contributed by atoms with Gasteiger partial charge < -0.3 is 0 Å². The van der Waals surface area contributed by atoms with Gasteiger partial charge in [-0.1, -0.05) is 54.1 Å². The molecule has 0 saturated heterocycles. The van der Waals surface area contributed by atoms with E-state index in [0.717, 1.165) is 33.5 Å². The molecule has 3 nitrogen and oxygen atoms in total. The molecule has 0 aliphatic carbocycles. The third-order valence-corrected chi connectivity index (χ3v) is 4.63. The van der Waals surface area contributed by atoms with Gasteiger partial charge in [-0.25, -0.2) is 0 Å². The molecule has 0 saturated carbocycles. The van der Waals surface area contributed by atoms with Crippen molar-refractivity contribution < 1.29 is 0 Å². The zero-order chi connectivity index (χ0) is 14.9. The summed E-state index contributed by atoms with van der Waals surface area (Å²) in [5, 5.41) is 11.5. The molecule has 0 atom stereocenters. The lowest BCUT2D eigenvalue weighted by Crippen LogP contribution is -1.97. The predicted octanol–water partition coefficient (Wildman–Crippen LogP) is 4.70. The molecule has 108 valence electrons. The van der Waals surface area contributed by atoms with Crippen LogP contribution in [0.4, 0.5) is 0 Å². The van der Waals surface area contributed by atoms with Gasteiger partial charge >= 0.3 is 0 Å². The van der Waals surface area contributed by atoms with Gasteiger partial charge in [0, 0.05) is 16.8 Å². The average Bonchev–Trinajstić information content (AvgIpc) is 3.13. The van der Waals surface area contributed by atoms with Gasteiger partial charge in [-0.05, 0) is 23.3 Å². The minimum absolute atomic E-state index is 0.739. The van der Waals surface area contributed by atoms with E-state index in [0.29, 0.717) is 0 Å². The van der Waals surface area contributed by atoms with Gasteiger partial charge in [0.05, 0.1) is 5.69 Å². The van der Waals surface area contributed by atoms with E-state index in [1.165, 1.54) is 5.56 Å². The number of thiazole rings is 1. The van der Waals surface area contributed by atoms with E-state index in [-0.39, 0.29) is 0 Å². The maximum atomic E-state index is 5.98. The quantitative estimate of drug-likeness (QED) is 0.546. The van der Waals surface area contributed by atoms with E-state index in [9.17, 15) is 0 Å². The van der Waals surface area contributed by atoms with Crippen LogP contribution in [0, 0.1) is 0 Å². The molecule has 0 bridgehead atoms. The second-order valence-corrected chi connectivity index (χ2v) is 6.30. The number of aromatic nitrogens is 3. The molecule has 0 spiro atoms. The van der Waals surface area contributed by atoms with E-state index in [1.807, 2.05) is 42.5 Å². The Bertz CT molecular complexity index is 910. The molecule has 0 unspecified atom stereocenters. The summed E-state index contributed by atoms with van der Waals surface area (Å²) in [7, 11) is 0. The highest BCUT2D eigenvalue weighted by molar-refractivity contribution is 7.15. The lowest BCUT2D eigenvalue weighted by Gasteiger charge is -2.04. The Morgan fingerprint density at radius 2 is 1.73 bits per heavy atom. The first-order valence-electron chi connectivity index (χ1n) is 6.92. The van der Waals surface area contributed by atoms with Crippen LogP contribution in [0.2, 0.25) is 5.02 Å². The van der Waals surface area contributed by atoms with Crippen molar-refractivity contribution >= 4 is 27.9 Å². The van der Waals surface area contributed by atoms with Crippen molar-refractivity contribution in [1.29, 1.82) is 0 Å². The minimum Gasteiger partial charge on any atom is -0.269 e. The summed E-state index contributed by atoms with van der Waals surface area (Å²) in [6, 6.07) is 18.2. The van der Waals surface area contributed by atoms with Crippen molar-refractivity contribution in [2.24, 2.45) is 0 Å². The molecular formula is C17H12ClN3S. The zero-order valence-electron chi connectivity index (χ0n) is 11.6. The lowest BCUT2D eigenvalue weighted by atomic mass is 10.1. The number of hydrogen-bond donors (Lipinski definition) is 0. The number of halogens is 1. The highest BCUT2D eigenvalue weighted by atomic mass is 35.5. The van der Waals surface area contributed by atoms with E-state index in [1.54, 1.807) is 11.3 Å². The van der Waals surface area contributed by atoms with Crippen LogP contribution in [0.15, 0.2) is 60.0 Å². The maximum absolute atomic E-state index is 5.98. The summed E-state index contributed by atoms with van der Waals surface area (Å²) < 4.78 is 2.13. The van der Waals surface area contributed by atoms with Crippen molar-refractivity contribution in [3.63, 3.8) is 0 Å². The molecule has 4 rings (SSSR count). The summed E-state index contributed by atoms with van der Waals surface area (Å²) in [5.41, 5.74) is 3.45. The summed E-state index contributed by atoms with van der Waals surface area (Å²) >= 11 is 7.58. The van der Waals surface area contributed by atoms with Gasteiger partial charge in [-0.2, -0.15) is 0 Å². The molecule has 0 fully saturated rings. The standard InChI is InChI=1S/C17H12ClN3S/c18-14-8-6-13(7-9-14)15-11-22-17-20-19-16(21(15)17)10-12-4-2-1-3-5-12/h1-9,11H,10H2. The summed E-state index contributed by atoms with van der Waals surface area (Å²) in [6.07, 6.45) is 0.763. The van der Waals surface area contributed by atoms with Gasteiger partial charge in [0.2, 0.25) is 4.96 Å². The second kappa shape index (κ2) is 5.55. The highest BCUT2D eigenvalue weighted by Crippen LogP contribution is 2.28. The Morgan fingerprint density at radius 3 is 2.50 bits per heavy atom. The Morgan fingerprint density at radius 1 is 0.955 bits per heavy atom. The second-order valence-electron chi connectivity index (χ2n) is 5.02. The summed E-state index contributed by atoms with van der Waals surface area (Å²) in [4.78, 5) is 0.913. The van der Waals surface area contributed by atoms with Crippen molar-refractivity contribution in [2.75, 3.05) is 0 Å². The molecule has 2 aromatic heterocycles. The van der Waals surface area contributed by atoms with E-state index in [2.05, 4.69) is 32.1 Å². The van der Waals surface area contributed by atoms with Gasteiger partial charge in [0.1, 0.15) is 5.82 Å².